The van der Waals surface area contributed by atoms with E-state index in [-0.39, 0.29) is 11.7 Å². The molecule has 154 valence electrons. The molecule has 0 fully saturated rings. The first-order chi connectivity index (χ1) is 13.3. The number of benzene rings is 1. The summed E-state index contributed by atoms with van der Waals surface area (Å²) in [4.78, 5) is 25.9. The van der Waals surface area contributed by atoms with Gasteiger partial charge < -0.3 is 19.2 Å². The Hall–Kier alpha value is -1.89. The molecule has 1 aromatic heterocycles. The lowest BCUT2D eigenvalue weighted by Crippen LogP contribution is -2.27. The van der Waals surface area contributed by atoms with E-state index >= 15 is 0 Å². The van der Waals surface area contributed by atoms with Crippen LogP contribution in [0.2, 0.25) is 0 Å². The predicted molar refractivity (Wildman–Crippen MR) is 119 cm³/mol. The topological polar surface area (TPSA) is 68.5 Å². The summed E-state index contributed by atoms with van der Waals surface area (Å²) in [5.74, 6) is 0. The Morgan fingerprint density at radius 2 is 1.93 bits per heavy atom. The summed E-state index contributed by atoms with van der Waals surface area (Å²) >= 11 is 1.62. The highest BCUT2D eigenvalue weighted by Crippen LogP contribution is 2.37. The van der Waals surface area contributed by atoms with E-state index in [0.717, 1.165) is 41.2 Å². The van der Waals surface area contributed by atoms with Gasteiger partial charge in [-0.05, 0) is 44.9 Å². The quantitative estimate of drug-likeness (QED) is 0.698. The Bertz CT molecular complexity index is 900. The maximum Gasteiger partial charge on any atom is 0.258 e. The van der Waals surface area contributed by atoms with Gasteiger partial charge in [-0.3, -0.25) is 4.79 Å². The molecule has 1 unspecified atom stereocenters. The molecule has 1 heterocycles. The van der Waals surface area contributed by atoms with Crippen molar-refractivity contribution < 1.29 is 14.6 Å². The molecule has 0 saturated carbocycles. The van der Waals surface area contributed by atoms with Crippen molar-refractivity contribution in [3.05, 3.63) is 51.4 Å². The van der Waals surface area contributed by atoms with Crippen molar-refractivity contribution in [1.82, 2.24) is 4.57 Å². The highest BCUT2D eigenvalue weighted by atomic mass is 32.2. The van der Waals surface area contributed by atoms with Crippen LogP contribution in [-0.4, -0.2) is 35.4 Å². The van der Waals surface area contributed by atoms with Gasteiger partial charge in [0.2, 0.25) is 0 Å². The van der Waals surface area contributed by atoms with E-state index in [9.17, 15) is 9.59 Å². The Morgan fingerprint density at radius 3 is 2.43 bits per heavy atom. The number of aliphatic hydroxyl groups is 1. The SMILES string of the molecule is CC/C=C(\SC)c1c(C(C=O)OC(C)C)n(C)c(=O)c2ccc(C)cc12.CO. The number of fused-ring (bicyclic) bond motifs is 1. The van der Waals surface area contributed by atoms with Gasteiger partial charge in [0, 0.05) is 30.0 Å². The third kappa shape index (κ3) is 5.13. The first-order valence-electron chi connectivity index (χ1n) is 9.28. The number of aryl methyl sites for hydroxylation is 1. The molecule has 0 spiro atoms. The number of allylic oxidation sites excluding steroid dienone is 1. The van der Waals surface area contributed by atoms with Gasteiger partial charge in [0.1, 0.15) is 0 Å². The van der Waals surface area contributed by atoms with E-state index in [1.54, 1.807) is 23.4 Å². The molecular formula is C22H31NO4S. The van der Waals surface area contributed by atoms with Gasteiger partial charge in [-0.1, -0.05) is 30.7 Å². The molecule has 2 aromatic rings. The average molecular weight is 406 g/mol. The lowest BCUT2D eigenvalue weighted by molar-refractivity contribution is -0.121. The van der Waals surface area contributed by atoms with Crippen molar-refractivity contribution >= 4 is 33.7 Å². The molecular weight excluding hydrogens is 374 g/mol. The third-order valence-corrected chi connectivity index (χ3v) is 5.08. The Balaban J connectivity index is 0.00000190. The highest BCUT2D eigenvalue weighted by Gasteiger charge is 2.25. The maximum atomic E-state index is 13.0. The van der Waals surface area contributed by atoms with Crippen molar-refractivity contribution in [2.75, 3.05) is 13.4 Å². The van der Waals surface area contributed by atoms with Crippen LogP contribution in [0.3, 0.4) is 0 Å². The molecule has 0 aliphatic heterocycles. The van der Waals surface area contributed by atoms with Crippen LogP contribution >= 0.6 is 11.8 Å². The van der Waals surface area contributed by atoms with Crippen molar-refractivity contribution in [3.8, 4) is 0 Å². The number of rotatable bonds is 7. The zero-order valence-corrected chi connectivity index (χ0v) is 18.6. The zero-order valence-electron chi connectivity index (χ0n) is 17.8. The number of hydrogen-bond acceptors (Lipinski definition) is 5. The monoisotopic (exact) mass is 405 g/mol. The van der Waals surface area contributed by atoms with Crippen LogP contribution in [0.1, 0.15) is 50.1 Å². The fourth-order valence-corrected chi connectivity index (χ4v) is 3.92. The van der Waals surface area contributed by atoms with Crippen LogP contribution < -0.4 is 5.56 Å². The van der Waals surface area contributed by atoms with E-state index < -0.39 is 6.10 Å². The van der Waals surface area contributed by atoms with Gasteiger partial charge in [0.05, 0.1) is 11.8 Å². The van der Waals surface area contributed by atoms with Crippen LogP contribution in [-0.2, 0) is 16.6 Å². The van der Waals surface area contributed by atoms with Crippen LogP contribution in [0.15, 0.2) is 29.1 Å². The largest absolute Gasteiger partial charge is 0.400 e. The van der Waals surface area contributed by atoms with Crippen molar-refractivity contribution in [2.45, 2.75) is 46.3 Å². The van der Waals surface area contributed by atoms with Crippen LogP contribution in [0.25, 0.3) is 15.7 Å². The smallest absolute Gasteiger partial charge is 0.258 e. The van der Waals surface area contributed by atoms with Gasteiger partial charge in [-0.25, -0.2) is 0 Å². The van der Waals surface area contributed by atoms with Crippen LogP contribution in [0.5, 0.6) is 0 Å². The van der Waals surface area contributed by atoms with Crippen molar-refractivity contribution in [1.29, 1.82) is 0 Å². The van der Waals surface area contributed by atoms with E-state index in [2.05, 4.69) is 13.0 Å². The van der Waals surface area contributed by atoms with Gasteiger partial charge in [0.15, 0.2) is 12.4 Å². The summed E-state index contributed by atoms with van der Waals surface area (Å²) in [7, 11) is 2.71. The van der Waals surface area contributed by atoms with Gasteiger partial charge in [0.25, 0.3) is 5.56 Å². The number of thioether (sulfide) groups is 1. The number of nitrogens with zero attached hydrogens (tertiary/aromatic N) is 1. The second-order valence-corrected chi connectivity index (χ2v) is 7.44. The van der Waals surface area contributed by atoms with E-state index in [4.69, 9.17) is 9.84 Å². The number of aliphatic hydroxyl groups excluding tert-OH is 1. The summed E-state index contributed by atoms with van der Waals surface area (Å²) in [5, 5.41) is 8.53. The van der Waals surface area contributed by atoms with Crippen LogP contribution in [0.4, 0.5) is 0 Å². The summed E-state index contributed by atoms with van der Waals surface area (Å²) in [6.45, 7) is 7.85. The average Bonchev–Trinajstić information content (AvgIpc) is 2.68. The Labute approximate surface area is 171 Å². The molecule has 0 radical (unpaired) electrons. The van der Waals surface area contributed by atoms with Gasteiger partial charge in [-0.2, -0.15) is 0 Å². The predicted octanol–water partition coefficient (Wildman–Crippen LogP) is 4.23. The molecule has 2 rings (SSSR count). The minimum Gasteiger partial charge on any atom is -0.400 e. The molecule has 28 heavy (non-hydrogen) atoms. The fourth-order valence-electron chi connectivity index (χ4n) is 3.17. The molecule has 0 aliphatic rings. The van der Waals surface area contributed by atoms with Crippen molar-refractivity contribution in [3.63, 3.8) is 0 Å². The standard InChI is InChI=1S/C21H27NO3S.CH4O/c1-7-8-18(26-6)19-16-11-14(4)9-10-15(16)21(24)22(5)20(19)17(12-23)25-13(2)3;1-2/h8-13,17H,7H2,1-6H3;2H,1H3/b18-8-;. The Morgan fingerprint density at radius 1 is 1.29 bits per heavy atom. The molecule has 0 amide bonds. The summed E-state index contributed by atoms with van der Waals surface area (Å²) in [5.41, 5.74) is 2.49. The second kappa shape index (κ2) is 11.2. The summed E-state index contributed by atoms with van der Waals surface area (Å²) in [6.07, 6.45) is 4.87. The first kappa shape index (κ1) is 24.1. The van der Waals surface area contributed by atoms with Gasteiger partial charge in [-0.15, -0.1) is 11.8 Å². The van der Waals surface area contributed by atoms with Crippen LogP contribution in [0, 0.1) is 6.92 Å². The van der Waals surface area contributed by atoms with Crippen molar-refractivity contribution in [2.24, 2.45) is 7.05 Å². The molecule has 6 heteroatoms. The number of ether oxygens (including phenoxy) is 1. The number of hydrogen-bond donors (Lipinski definition) is 1. The molecule has 5 nitrogen and oxygen atoms in total. The molecule has 0 saturated heterocycles. The third-order valence-electron chi connectivity index (χ3n) is 4.26. The molecule has 1 atom stereocenters. The normalized spacial score (nSPS) is 12.7. The van der Waals surface area contributed by atoms with E-state index in [1.165, 1.54) is 0 Å². The summed E-state index contributed by atoms with van der Waals surface area (Å²) in [6, 6.07) is 5.83. The number of carbonyl (C=O) groups is 1. The van der Waals surface area contributed by atoms with E-state index in [0.29, 0.717) is 11.1 Å². The maximum absolute atomic E-state index is 13.0. The molecule has 0 bridgehead atoms. The molecule has 0 aliphatic carbocycles. The molecule has 1 aromatic carbocycles. The minimum atomic E-state index is -0.792. The Kier molecular flexibility index (Phi) is 9.65. The highest BCUT2D eigenvalue weighted by molar-refractivity contribution is 8.07. The molecule has 1 N–H and O–H groups in total. The zero-order chi connectivity index (χ0) is 21.4. The second-order valence-electron chi connectivity index (χ2n) is 6.60. The van der Waals surface area contributed by atoms with E-state index in [1.807, 2.05) is 45.2 Å². The summed E-state index contributed by atoms with van der Waals surface area (Å²) < 4.78 is 7.41. The first-order valence-corrected chi connectivity index (χ1v) is 10.5. The lowest BCUT2D eigenvalue weighted by Gasteiger charge is -2.24. The minimum absolute atomic E-state index is 0.116. The number of aromatic nitrogens is 1. The number of carbonyl (C=O) groups excluding carboxylic acids is 1. The van der Waals surface area contributed by atoms with Gasteiger partial charge >= 0.3 is 0 Å². The fraction of sp³-hybridized carbons (Fsp3) is 0.455. The number of pyridine rings is 1. The lowest BCUT2D eigenvalue weighted by atomic mass is 9.98. The number of aldehydes is 1.